The first kappa shape index (κ1) is 18.5. The third kappa shape index (κ3) is 5.11. The van der Waals surface area contributed by atoms with Crippen LogP contribution < -0.4 is 15.1 Å². The van der Waals surface area contributed by atoms with Crippen LogP contribution in [0.15, 0.2) is 47.8 Å². The fourth-order valence-corrected chi connectivity index (χ4v) is 3.56. The summed E-state index contributed by atoms with van der Waals surface area (Å²) in [4.78, 5) is 25.1. The topological polar surface area (TPSA) is 61.4 Å². The number of nitrogens with one attached hydrogen (secondary N) is 1. The molecule has 6 nitrogen and oxygen atoms in total. The molecule has 1 fully saturated rings. The number of hydrogen-bond donors (Lipinski definition) is 1. The van der Waals surface area contributed by atoms with Crippen LogP contribution in [0.1, 0.15) is 13.3 Å². The molecule has 138 valence electrons. The van der Waals surface area contributed by atoms with Gasteiger partial charge in [-0.05, 0) is 18.6 Å². The van der Waals surface area contributed by atoms with Crippen LogP contribution in [-0.4, -0.2) is 54.4 Å². The monoisotopic (exact) mass is 371 g/mol. The second-order valence-corrected chi connectivity index (χ2v) is 7.16. The summed E-state index contributed by atoms with van der Waals surface area (Å²) < 4.78 is 0. The van der Waals surface area contributed by atoms with E-state index in [9.17, 15) is 4.79 Å². The Bertz CT molecular complexity index is 704. The molecule has 7 heteroatoms. The third-order valence-electron chi connectivity index (χ3n) is 4.28. The van der Waals surface area contributed by atoms with Gasteiger partial charge in [0.25, 0.3) is 0 Å². The lowest BCUT2D eigenvalue weighted by molar-refractivity contribution is -0.118. The first-order chi connectivity index (χ1) is 12.8. The van der Waals surface area contributed by atoms with Gasteiger partial charge in [-0.2, -0.15) is 0 Å². The van der Waals surface area contributed by atoms with Crippen LogP contribution in [0, 0.1) is 0 Å². The van der Waals surface area contributed by atoms with Crippen molar-refractivity contribution in [3.8, 4) is 0 Å². The highest BCUT2D eigenvalue weighted by Crippen LogP contribution is 2.22. The van der Waals surface area contributed by atoms with Gasteiger partial charge < -0.3 is 15.1 Å². The molecule has 0 aliphatic carbocycles. The average Bonchev–Trinajstić information content (AvgIpc) is 2.72. The van der Waals surface area contributed by atoms with Crippen molar-refractivity contribution in [1.82, 2.24) is 15.3 Å². The Balaban J connectivity index is 1.53. The maximum absolute atomic E-state index is 11.7. The maximum Gasteiger partial charge on any atom is 0.230 e. The molecule has 0 radical (unpaired) electrons. The Kier molecular flexibility index (Phi) is 6.71. The van der Waals surface area contributed by atoms with Crippen molar-refractivity contribution in [2.24, 2.45) is 0 Å². The van der Waals surface area contributed by atoms with E-state index in [1.807, 2.05) is 19.1 Å². The van der Waals surface area contributed by atoms with Crippen LogP contribution in [0.3, 0.4) is 0 Å². The number of carbonyl (C=O) groups excluding carboxylic acids is 1. The molecule has 0 atom stereocenters. The molecule has 3 rings (SSSR count). The zero-order chi connectivity index (χ0) is 18.2. The second-order valence-electron chi connectivity index (χ2n) is 6.16. The summed E-state index contributed by atoms with van der Waals surface area (Å²) >= 11 is 1.45. The lowest BCUT2D eigenvalue weighted by Gasteiger charge is -2.36. The summed E-state index contributed by atoms with van der Waals surface area (Å²) in [6.07, 6.45) is 2.54. The normalized spacial score (nSPS) is 14.3. The van der Waals surface area contributed by atoms with E-state index >= 15 is 0 Å². The largest absolute Gasteiger partial charge is 0.368 e. The minimum Gasteiger partial charge on any atom is -0.368 e. The predicted octanol–water partition coefficient (Wildman–Crippen LogP) is 2.42. The summed E-state index contributed by atoms with van der Waals surface area (Å²) in [7, 11) is 0. The van der Waals surface area contributed by atoms with E-state index in [0.29, 0.717) is 5.75 Å². The van der Waals surface area contributed by atoms with Crippen LogP contribution >= 0.6 is 11.8 Å². The standard InChI is InChI=1S/C19H25N5OS/c1-2-8-20-18(25)14-26-19-13-17(21-15-22-19)24-11-9-23(10-12-24)16-6-4-3-5-7-16/h3-7,13,15H,2,8-12,14H2,1H3,(H,20,25). The Morgan fingerprint density at radius 1 is 1.12 bits per heavy atom. The molecule has 0 unspecified atom stereocenters. The number of aromatic nitrogens is 2. The average molecular weight is 372 g/mol. The number of nitrogens with zero attached hydrogens (tertiary/aromatic N) is 4. The number of piperazine rings is 1. The lowest BCUT2D eigenvalue weighted by Crippen LogP contribution is -2.46. The van der Waals surface area contributed by atoms with E-state index in [0.717, 1.165) is 50.0 Å². The molecule has 2 heterocycles. The quantitative estimate of drug-likeness (QED) is 0.596. The Hall–Kier alpha value is -2.28. The van der Waals surface area contributed by atoms with Crippen molar-refractivity contribution < 1.29 is 4.79 Å². The number of benzene rings is 1. The number of anilines is 2. The summed E-state index contributed by atoms with van der Waals surface area (Å²) in [5, 5.41) is 3.72. The van der Waals surface area contributed by atoms with Crippen molar-refractivity contribution in [2.45, 2.75) is 18.4 Å². The smallest absolute Gasteiger partial charge is 0.230 e. The molecule has 26 heavy (non-hydrogen) atoms. The highest BCUT2D eigenvalue weighted by atomic mass is 32.2. The van der Waals surface area contributed by atoms with Gasteiger partial charge in [-0.3, -0.25) is 4.79 Å². The minimum absolute atomic E-state index is 0.0495. The molecular formula is C19H25N5OS. The zero-order valence-electron chi connectivity index (χ0n) is 15.1. The van der Waals surface area contributed by atoms with Crippen LogP contribution in [0.2, 0.25) is 0 Å². The molecule has 1 N–H and O–H groups in total. The summed E-state index contributed by atoms with van der Waals surface area (Å²) in [5.74, 6) is 1.37. The van der Waals surface area contributed by atoms with Gasteiger partial charge in [-0.25, -0.2) is 9.97 Å². The first-order valence-corrected chi connectivity index (χ1v) is 10.0. The van der Waals surface area contributed by atoms with Gasteiger partial charge in [0.05, 0.1) is 5.75 Å². The first-order valence-electron chi connectivity index (χ1n) is 9.02. The molecular weight excluding hydrogens is 346 g/mol. The van der Waals surface area contributed by atoms with E-state index in [1.54, 1.807) is 6.33 Å². The van der Waals surface area contributed by atoms with Gasteiger partial charge >= 0.3 is 0 Å². The second kappa shape index (κ2) is 9.43. The SMILES string of the molecule is CCCNC(=O)CSc1cc(N2CCN(c3ccccc3)CC2)ncn1. The Morgan fingerprint density at radius 2 is 1.85 bits per heavy atom. The summed E-state index contributed by atoms with van der Waals surface area (Å²) in [5.41, 5.74) is 1.27. The molecule has 1 aromatic heterocycles. The number of para-hydroxylation sites is 1. The van der Waals surface area contributed by atoms with Gasteiger partial charge in [0.15, 0.2) is 0 Å². The van der Waals surface area contributed by atoms with E-state index in [2.05, 4.69) is 49.4 Å². The van der Waals surface area contributed by atoms with Crippen LogP contribution in [-0.2, 0) is 4.79 Å². The predicted molar refractivity (Wildman–Crippen MR) is 107 cm³/mol. The molecule has 0 spiro atoms. The maximum atomic E-state index is 11.7. The summed E-state index contributed by atoms with van der Waals surface area (Å²) in [6.45, 7) is 6.55. The highest BCUT2D eigenvalue weighted by molar-refractivity contribution is 7.99. The fourth-order valence-electron chi connectivity index (χ4n) is 2.87. The van der Waals surface area contributed by atoms with Gasteiger partial charge in [-0.15, -0.1) is 0 Å². The molecule has 0 saturated carbocycles. The zero-order valence-corrected chi connectivity index (χ0v) is 15.9. The van der Waals surface area contributed by atoms with Gasteiger partial charge in [0.2, 0.25) is 5.91 Å². The number of thioether (sulfide) groups is 1. The molecule has 1 aliphatic rings. The van der Waals surface area contributed by atoms with Crippen molar-refractivity contribution in [1.29, 1.82) is 0 Å². The number of carbonyl (C=O) groups is 1. The van der Waals surface area contributed by atoms with Crippen LogP contribution in [0.5, 0.6) is 0 Å². The van der Waals surface area contributed by atoms with Gasteiger partial charge in [0.1, 0.15) is 17.2 Å². The lowest BCUT2D eigenvalue weighted by atomic mass is 10.2. The highest BCUT2D eigenvalue weighted by Gasteiger charge is 2.18. The van der Waals surface area contributed by atoms with Crippen molar-refractivity contribution >= 4 is 29.2 Å². The minimum atomic E-state index is 0.0495. The Morgan fingerprint density at radius 3 is 2.58 bits per heavy atom. The van der Waals surface area contributed by atoms with Gasteiger partial charge in [-0.1, -0.05) is 36.9 Å². The van der Waals surface area contributed by atoms with Crippen molar-refractivity contribution in [2.75, 3.05) is 48.3 Å². The Labute approximate surface area is 159 Å². The fraction of sp³-hybridized carbons (Fsp3) is 0.421. The summed E-state index contributed by atoms with van der Waals surface area (Å²) in [6, 6.07) is 12.5. The number of hydrogen-bond acceptors (Lipinski definition) is 6. The third-order valence-corrected chi connectivity index (χ3v) is 5.20. The molecule has 1 aromatic carbocycles. The van der Waals surface area contributed by atoms with E-state index in [-0.39, 0.29) is 5.91 Å². The van der Waals surface area contributed by atoms with Gasteiger partial charge in [0, 0.05) is 44.5 Å². The number of amides is 1. The van der Waals surface area contributed by atoms with Crippen LogP contribution in [0.25, 0.3) is 0 Å². The van der Waals surface area contributed by atoms with Crippen LogP contribution in [0.4, 0.5) is 11.5 Å². The van der Waals surface area contributed by atoms with E-state index in [1.165, 1.54) is 17.4 Å². The molecule has 2 aromatic rings. The van der Waals surface area contributed by atoms with E-state index < -0.39 is 0 Å². The van der Waals surface area contributed by atoms with Crippen molar-refractivity contribution in [3.63, 3.8) is 0 Å². The molecule has 1 aliphatic heterocycles. The molecule has 1 saturated heterocycles. The molecule has 1 amide bonds. The molecule has 0 bridgehead atoms. The number of rotatable bonds is 7. The van der Waals surface area contributed by atoms with E-state index in [4.69, 9.17) is 0 Å². The van der Waals surface area contributed by atoms with Crippen molar-refractivity contribution in [3.05, 3.63) is 42.7 Å².